The summed E-state index contributed by atoms with van der Waals surface area (Å²) in [6, 6.07) is 3.92. The van der Waals surface area contributed by atoms with Gasteiger partial charge in [-0.15, -0.1) is 0 Å². The van der Waals surface area contributed by atoms with Crippen molar-refractivity contribution in [2.45, 2.75) is 18.6 Å². The minimum Gasteiger partial charge on any atom is -0.491 e. The van der Waals surface area contributed by atoms with E-state index in [4.69, 9.17) is 4.74 Å². The van der Waals surface area contributed by atoms with Gasteiger partial charge in [-0.2, -0.15) is 13.2 Å². The van der Waals surface area contributed by atoms with Crippen LogP contribution in [-0.4, -0.2) is 31.0 Å². The number of halogens is 3. The van der Waals surface area contributed by atoms with Crippen molar-refractivity contribution in [2.24, 2.45) is 0 Å². The predicted octanol–water partition coefficient (Wildman–Crippen LogP) is 1.48. The largest absolute Gasteiger partial charge is 0.491 e. The number of alkyl halides is 3. The van der Waals surface area contributed by atoms with E-state index in [1.54, 1.807) is 12.1 Å². The fourth-order valence-corrected chi connectivity index (χ4v) is 1.85. The van der Waals surface area contributed by atoms with E-state index in [-0.39, 0.29) is 13.0 Å². The Kier molecular flexibility index (Phi) is 3.46. The van der Waals surface area contributed by atoms with Crippen LogP contribution in [0.5, 0.6) is 5.75 Å². The number of ether oxygens (including phenoxy) is 1. The van der Waals surface area contributed by atoms with Crippen molar-refractivity contribution in [1.82, 2.24) is 5.32 Å². The molecule has 0 spiro atoms. The summed E-state index contributed by atoms with van der Waals surface area (Å²) in [6.07, 6.45) is -4.08. The van der Waals surface area contributed by atoms with Crippen molar-refractivity contribution in [2.75, 3.05) is 6.61 Å². The summed E-state index contributed by atoms with van der Waals surface area (Å²) in [5.74, 6) is -1.47. The molecule has 0 aromatic heterocycles. The molecule has 1 aliphatic heterocycles. The standard InChI is InChI=1S/C12H10F3NO3/c13-12(14,15)11(18)16-9-4-8-3-7(5-17)1-2-10(8)19-6-9/h1-3,5,9H,4,6H2,(H,16,18). The van der Waals surface area contributed by atoms with Gasteiger partial charge in [-0.1, -0.05) is 0 Å². The molecule has 4 nitrogen and oxygen atoms in total. The van der Waals surface area contributed by atoms with Crippen LogP contribution in [-0.2, 0) is 11.2 Å². The smallest absolute Gasteiger partial charge is 0.471 e. The summed E-state index contributed by atoms with van der Waals surface area (Å²) < 4.78 is 41.6. The summed E-state index contributed by atoms with van der Waals surface area (Å²) in [5, 5.41) is 1.86. The van der Waals surface area contributed by atoms with Crippen molar-refractivity contribution in [3.63, 3.8) is 0 Å². The molecule has 1 N–H and O–H groups in total. The van der Waals surface area contributed by atoms with Gasteiger partial charge in [0, 0.05) is 5.56 Å². The van der Waals surface area contributed by atoms with Gasteiger partial charge in [-0.05, 0) is 30.2 Å². The van der Waals surface area contributed by atoms with E-state index in [2.05, 4.69) is 0 Å². The highest BCUT2D eigenvalue weighted by Crippen LogP contribution is 2.26. The minimum atomic E-state index is -4.91. The van der Waals surface area contributed by atoms with E-state index in [1.807, 2.05) is 5.32 Å². The predicted molar refractivity (Wildman–Crippen MR) is 59.0 cm³/mol. The topological polar surface area (TPSA) is 55.4 Å². The van der Waals surface area contributed by atoms with Crippen molar-refractivity contribution in [1.29, 1.82) is 0 Å². The Labute approximate surface area is 106 Å². The molecule has 7 heteroatoms. The van der Waals surface area contributed by atoms with Crippen molar-refractivity contribution in [3.05, 3.63) is 29.3 Å². The molecule has 0 saturated heterocycles. The molecule has 0 fully saturated rings. The highest BCUT2D eigenvalue weighted by molar-refractivity contribution is 5.82. The summed E-state index contributed by atoms with van der Waals surface area (Å²) in [4.78, 5) is 21.4. The summed E-state index contributed by atoms with van der Waals surface area (Å²) >= 11 is 0. The molecular formula is C12H10F3NO3. The Morgan fingerprint density at radius 1 is 1.42 bits per heavy atom. The van der Waals surface area contributed by atoms with Crippen molar-refractivity contribution in [3.8, 4) is 5.75 Å². The highest BCUT2D eigenvalue weighted by Gasteiger charge is 2.40. The zero-order chi connectivity index (χ0) is 14.0. The second-order valence-corrected chi connectivity index (χ2v) is 4.17. The summed E-state index contributed by atoms with van der Waals surface area (Å²) in [5.41, 5.74) is 1.01. The first-order valence-corrected chi connectivity index (χ1v) is 5.49. The minimum absolute atomic E-state index is 0.0325. The lowest BCUT2D eigenvalue weighted by molar-refractivity contribution is -0.174. The molecule has 0 saturated carbocycles. The van der Waals surface area contributed by atoms with Gasteiger partial charge in [0.1, 0.15) is 18.6 Å². The van der Waals surface area contributed by atoms with E-state index < -0.39 is 18.1 Å². The van der Waals surface area contributed by atoms with Gasteiger partial charge in [0.2, 0.25) is 0 Å². The molecule has 1 aromatic rings. The third-order valence-corrected chi connectivity index (χ3v) is 2.72. The van der Waals surface area contributed by atoms with Crippen LogP contribution in [0.25, 0.3) is 0 Å². The van der Waals surface area contributed by atoms with Gasteiger partial charge >= 0.3 is 12.1 Å². The number of carbonyl (C=O) groups is 2. The molecule has 1 heterocycles. The number of hydrogen-bond acceptors (Lipinski definition) is 3. The molecule has 19 heavy (non-hydrogen) atoms. The maximum Gasteiger partial charge on any atom is 0.471 e. The zero-order valence-electron chi connectivity index (χ0n) is 9.66. The Bertz CT molecular complexity index is 513. The highest BCUT2D eigenvalue weighted by atomic mass is 19.4. The molecule has 1 aliphatic rings. The average molecular weight is 273 g/mol. The molecule has 1 atom stereocenters. The van der Waals surface area contributed by atoms with E-state index in [0.717, 1.165) is 0 Å². The maximum absolute atomic E-state index is 12.1. The molecule has 2 rings (SSSR count). The SMILES string of the molecule is O=Cc1ccc2c(c1)CC(NC(=O)C(F)(F)F)CO2. The molecule has 0 bridgehead atoms. The van der Waals surface area contributed by atoms with Gasteiger partial charge < -0.3 is 10.1 Å². The van der Waals surface area contributed by atoms with Crippen molar-refractivity contribution >= 4 is 12.2 Å². The normalized spacial score (nSPS) is 18.2. The number of fused-ring (bicyclic) bond motifs is 1. The number of carbonyl (C=O) groups excluding carboxylic acids is 2. The van der Waals surface area contributed by atoms with Crippen molar-refractivity contribution < 1.29 is 27.5 Å². The van der Waals surface area contributed by atoms with Gasteiger partial charge in [0.25, 0.3) is 0 Å². The van der Waals surface area contributed by atoms with Crippen LogP contribution in [0.2, 0.25) is 0 Å². The van der Waals surface area contributed by atoms with Gasteiger partial charge in [0.15, 0.2) is 0 Å². The number of amides is 1. The number of nitrogens with one attached hydrogen (secondary N) is 1. The number of benzene rings is 1. The van der Waals surface area contributed by atoms with Crippen LogP contribution in [0, 0.1) is 0 Å². The van der Waals surface area contributed by atoms with Gasteiger partial charge in [-0.3, -0.25) is 9.59 Å². The third kappa shape index (κ3) is 3.04. The number of aldehydes is 1. The monoisotopic (exact) mass is 273 g/mol. The lowest BCUT2D eigenvalue weighted by Gasteiger charge is -2.26. The van der Waals surface area contributed by atoms with Crippen LogP contribution in [0.1, 0.15) is 15.9 Å². The second-order valence-electron chi connectivity index (χ2n) is 4.17. The zero-order valence-corrected chi connectivity index (χ0v) is 9.66. The Morgan fingerprint density at radius 3 is 2.79 bits per heavy atom. The molecular weight excluding hydrogens is 263 g/mol. The Morgan fingerprint density at radius 2 is 2.16 bits per heavy atom. The Balaban J connectivity index is 2.09. The lowest BCUT2D eigenvalue weighted by atomic mass is 10.0. The van der Waals surface area contributed by atoms with Crippen LogP contribution in [0.4, 0.5) is 13.2 Å². The first kappa shape index (κ1) is 13.4. The molecule has 102 valence electrons. The van der Waals surface area contributed by atoms with Gasteiger partial charge in [0.05, 0.1) is 6.04 Å². The van der Waals surface area contributed by atoms with E-state index in [9.17, 15) is 22.8 Å². The number of hydrogen-bond donors (Lipinski definition) is 1. The average Bonchev–Trinajstić information content (AvgIpc) is 2.36. The molecule has 1 amide bonds. The van der Waals surface area contributed by atoms with E-state index in [0.29, 0.717) is 23.2 Å². The van der Waals surface area contributed by atoms with Crippen LogP contribution in [0.15, 0.2) is 18.2 Å². The molecule has 1 aromatic carbocycles. The lowest BCUT2D eigenvalue weighted by Crippen LogP contribution is -2.48. The van der Waals surface area contributed by atoms with Crippen LogP contribution < -0.4 is 10.1 Å². The number of rotatable bonds is 2. The van der Waals surface area contributed by atoms with Crippen LogP contribution in [0.3, 0.4) is 0 Å². The van der Waals surface area contributed by atoms with E-state index >= 15 is 0 Å². The molecule has 0 aliphatic carbocycles. The quantitative estimate of drug-likeness (QED) is 0.830. The summed E-state index contributed by atoms with van der Waals surface area (Å²) in [7, 11) is 0. The fourth-order valence-electron chi connectivity index (χ4n) is 1.85. The van der Waals surface area contributed by atoms with E-state index in [1.165, 1.54) is 6.07 Å². The summed E-state index contributed by atoms with van der Waals surface area (Å²) in [6.45, 7) is -0.0325. The second kappa shape index (κ2) is 4.91. The fraction of sp³-hybridized carbons (Fsp3) is 0.333. The Hall–Kier alpha value is -2.05. The van der Waals surface area contributed by atoms with Gasteiger partial charge in [-0.25, -0.2) is 0 Å². The molecule has 0 radical (unpaired) electrons. The maximum atomic E-state index is 12.1. The first-order valence-electron chi connectivity index (χ1n) is 5.49. The molecule has 1 unspecified atom stereocenters. The van der Waals surface area contributed by atoms with Crippen LogP contribution >= 0.6 is 0 Å². The first-order chi connectivity index (χ1) is 8.90. The third-order valence-electron chi connectivity index (χ3n) is 2.72.